The van der Waals surface area contributed by atoms with E-state index in [-0.39, 0.29) is 11.0 Å². The molecule has 162 valence electrons. The molecule has 30 heavy (non-hydrogen) atoms. The van der Waals surface area contributed by atoms with Crippen LogP contribution in [0.15, 0.2) is 48.5 Å². The Hall–Kier alpha value is -2.68. The standard InChI is InChI=1S/C22H28N2O5S/c1-3-26-12-14-28-19-10-8-17(9-11-19)21(25)24-22(30)23-18-6-5-7-20(16-18)29-15-13-27-4-2/h5-11,16H,3-4,12-15H2,1-2H3,(H2,23,24,25,30). The molecule has 8 heteroatoms. The Morgan fingerprint density at radius 2 is 1.50 bits per heavy atom. The lowest BCUT2D eigenvalue weighted by Gasteiger charge is -2.12. The number of carbonyl (C=O) groups excluding carboxylic acids is 1. The fraction of sp³-hybridized carbons (Fsp3) is 0.364. The third-order valence-corrected chi connectivity index (χ3v) is 4.04. The van der Waals surface area contributed by atoms with Crippen LogP contribution < -0.4 is 20.1 Å². The first kappa shape index (κ1) is 23.6. The number of thiocarbonyl (C=S) groups is 1. The molecular weight excluding hydrogens is 404 g/mol. The second-order valence-corrected chi connectivity index (χ2v) is 6.46. The number of rotatable bonds is 12. The maximum atomic E-state index is 12.4. The van der Waals surface area contributed by atoms with Gasteiger partial charge in [0, 0.05) is 30.5 Å². The van der Waals surface area contributed by atoms with Crippen molar-refractivity contribution in [3.63, 3.8) is 0 Å². The fourth-order valence-electron chi connectivity index (χ4n) is 2.43. The summed E-state index contributed by atoms with van der Waals surface area (Å²) in [7, 11) is 0. The van der Waals surface area contributed by atoms with E-state index in [0.717, 1.165) is 0 Å². The molecule has 0 aromatic heterocycles. The lowest BCUT2D eigenvalue weighted by atomic mass is 10.2. The summed E-state index contributed by atoms with van der Waals surface area (Å²) in [6.07, 6.45) is 0. The maximum absolute atomic E-state index is 12.4. The number of amides is 1. The second-order valence-electron chi connectivity index (χ2n) is 6.05. The van der Waals surface area contributed by atoms with E-state index in [1.54, 1.807) is 30.3 Å². The molecule has 0 aliphatic carbocycles. The summed E-state index contributed by atoms with van der Waals surface area (Å²) in [4.78, 5) is 12.4. The lowest BCUT2D eigenvalue weighted by Crippen LogP contribution is -2.34. The highest BCUT2D eigenvalue weighted by Gasteiger charge is 2.09. The van der Waals surface area contributed by atoms with E-state index in [1.165, 1.54) is 0 Å². The molecule has 0 saturated carbocycles. The Kier molecular flexibility index (Phi) is 10.6. The third kappa shape index (κ3) is 8.77. The van der Waals surface area contributed by atoms with Crippen LogP contribution in [0.3, 0.4) is 0 Å². The molecule has 0 aliphatic heterocycles. The third-order valence-electron chi connectivity index (χ3n) is 3.84. The van der Waals surface area contributed by atoms with Crippen LogP contribution in [0.4, 0.5) is 5.69 Å². The van der Waals surface area contributed by atoms with Gasteiger partial charge in [-0.15, -0.1) is 0 Å². The van der Waals surface area contributed by atoms with E-state index < -0.39 is 0 Å². The monoisotopic (exact) mass is 432 g/mol. The first-order valence-electron chi connectivity index (χ1n) is 9.86. The lowest BCUT2D eigenvalue weighted by molar-refractivity contribution is 0.0977. The van der Waals surface area contributed by atoms with Gasteiger partial charge in [0.2, 0.25) is 0 Å². The molecular formula is C22H28N2O5S. The van der Waals surface area contributed by atoms with Crippen LogP contribution in [0, 0.1) is 0 Å². The molecule has 0 radical (unpaired) electrons. The van der Waals surface area contributed by atoms with Crippen molar-refractivity contribution in [2.24, 2.45) is 0 Å². The zero-order valence-electron chi connectivity index (χ0n) is 17.3. The van der Waals surface area contributed by atoms with Crippen LogP contribution in [0.2, 0.25) is 0 Å². The quantitative estimate of drug-likeness (QED) is 0.392. The van der Waals surface area contributed by atoms with Crippen LogP contribution in [0.25, 0.3) is 0 Å². The van der Waals surface area contributed by atoms with Gasteiger partial charge in [-0.1, -0.05) is 6.07 Å². The number of benzene rings is 2. The molecule has 0 spiro atoms. The Morgan fingerprint density at radius 1 is 0.867 bits per heavy atom. The number of carbonyl (C=O) groups is 1. The number of ether oxygens (including phenoxy) is 4. The predicted octanol–water partition coefficient (Wildman–Crippen LogP) is 3.64. The van der Waals surface area contributed by atoms with Crippen LogP contribution in [-0.2, 0) is 9.47 Å². The van der Waals surface area contributed by atoms with Crippen LogP contribution in [0.5, 0.6) is 11.5 Å². The van der Waals surface area contributed by atoms with Crippen molar-refractivity contribution < 1.29 is 23.7 Å². The van der Waals surface area contributed by atoms with Gasteiger partial charge in [-0.25, -0.2) is 0 Å². The summed E-state index contributed by atoms with van der Waals surface area (Å²) in [5.74, 6) is 1.05. The average molecular weight is 433 g/mol. The Balaban J connectivity index is 1.80. The van der Waals surface area contributed by atoms with Gasteiger partial charge in [0.15, 0.2) is 5.11 Å². The Morgan fingerprint density at radius 3 is 2.13 bits per heavy atom. The highest BCUT2D eigenvalue weighted by atomic mass is 32.1. The van der Waals surface area contributed by atoms with E-state index in [4.69, 9.17) is 31.2 Å². The van der Waals surface area contributed by atoms with Crippen molar-refractivity contribution in [3.05, 3.63) is 54.1 Å². The van der Waals surface area contributed by atoms with Crippen molar-refractivity contribution in [3.8, 4) is 11.5 Å². The molecule has 0 atom stereocenters. The Labute approximate surface area is 182 Å². The first-order chi connectivity index (χ1) is 14.6. The van der Waals surface area contributed by atoms with E-state index >= 15 is 0 Å². The molecule has 2 aromatic rings. The summed E-state index contributed by atoms with van der Waals surface area (Å²) >= 11 is 5.24. The summed E-state index contributed by atoms with van der Waals surface area (Å²) in [6.45, 7) is 7.15. The second kappa shape index (κ2) is 13.5. The van der Waals surface area contributed by atoms with Crippen LogP contribution in [0.1, 0.15) is 24.2 Å². The van der Waals surface area contributed by atoms with Gasteiger partial charge in [-0.2, -0.15) is 0 Å². The molecule has 0 unspecified atom stereocenters. The topological polar surface area (TPSA) is 78.1 Å². The zero-order valence-corrected chi connectivity index (χ0v) is 18.1. The largest absolute Gasteiger partial charge is 0.491 e. The SMILES string of the molecule is CCOCCOc1ccc(C(=O)NC(=S)Nc2cccc(OCCOCC)c2)cc1. The first-order valence-corrected chi connectivity index (χ1v) is 10.3. The molecule has 0 fully saturated rings. The number of hydrogen-bond donors (Lipinski definition) is 2. The number of nitrogens with one attached hydrogen (secondary N) is 2. The molecule has 7 nitrogen and oxygen atoms in total. The summed E-state index contributed by atoms with van der Waals surface area (Å²) in [6, 6.07) is 14.2. The Bertz CT molecular complexity index is 798. The smallest absolute Gasteiger partial charge is 0.257 e. The molecule has 0 aliphatic rings. The minimum absolute atomic E-state index is 0.198. The van der Waals surface area contributed by atoms with Gasteiger partial charge in [0.1, 0.15) is 24.7 Å². The minimum atomic E-state index is -0.308. The van der Waals surface area contributed by atoms with Gasteiger partial charge < -0.3 is 24.3 Å². The van der Waals surface area contributed by atoms with Crippen molar-refractivity contribution >= 4 is 28.9 Å². The van der Waals surface area contributed by atoms with Crippen molar-refractivity contribution in [2.45, 2.75) is 13.8 Å². The van der Waals surface area contributed by atoms with Gasteiger partial charge in [-0.3, -0.25) is 10.1 Å². The van der Waals surface area contributed by atoms with E-state index in [0.29, 0.717) is 62.4 Å². The molecule has 0 heterocycles. The van der Waals surface area contributed by atoms with Crippen molar-refractivity contribution in [1.82, 2.24) is 5.32 Å². The highest BCUT2D eigenvalue weighted by Crippen LogP contribution is 2.17. The van der Waals surface area contributed by atoms with E-state index in [9.17, 15) is 4.79 Å². The van der Waals surface area contributed by atoms with Crippen molar-refractivity contribution in [2.75, 3.05) is 45.0 Å². The van der Waals surface area contributed by atoms with Gasteiger partial charge in [-0.05, 0) is 62.5 Å². The van der Waals surface area contributed by atoms with Gasteiger partial charge in [0.05, 0.1) is 13.2 Å². The normalized spacial score (nSPS) is 10.3. The van der Waals surface area contributed by atoms with E-state index in [2.05, 4.69) is 10.6 Å². The predicted molar refractivity (Wildman–Crippen MR) is 121 cm³/mol. The molecule has 2 N–H and O–H groups in total. The number of anilines is 1. The molecule has 1 amide bonds. The van der Waals surface area contributed by atoms with E-state index in [1.807, 2.05) is 32.0 Å². The molecule has 0 bridgehead atoms. The minimum Gasteiger partial charge on any atom is -0.491 e. The maximum Gasteiger partial charge on any atom is 0.257 e. The molecule has 2 rings (SSSR count). The van der Waals surface area contributed by atoms with Crippen molar-refractivity contribution in [1.29, 1.82) is 0 Å². The fourth-order valence-corrected chi connectivity index (χ4v) is 2.64. The summed E-state index contributed by atoms with van der Waals surface area (Å²) < 4.78 is 21.6. The van der Waals surface area contributed by atoms with Crippen LogP contribution in [-0.4, -0.2) is 50.7 Å². The summed E-state index contributed by atoms with van der Waals surface area (Å²) in [5.41, 5.74) is 1.19. The van der Waals surface area contributed by atoms with Gasteiger partial charge in [0.25, 0.3) is 5.91 Å². The number of hydrogen-bond acceptors (Lipinski definition) is 6. The highest BCUT2D eigenvalue weighted by molar-refractivity contribution is 7.80. The van der Waals surface area contributed by atoms with Gasteiger partial charge >= 0.3 is 0 Å². The van der Waals surface area contributed by atoms with Crippen LogP contribution >= 0.6 is 12.2 Å². The molecule has 0 saturated heterocycles. The summed E-state index contributed by atoms with van der Waals surface area (Å²) in [5, 5.41) is 5.85. The average Bonchev–Trinajstić information content (AvgIpc) is 2.75. The molecule has 2 aromatic carbocycles. The zero-order chi connectivity index (χ0) is 21.6.